The van der Waals surface area contributed by atoms with Gasteiger partial charge in [-0.3, -0.25) is 0 Å². The molecule has 24 heavy (non-hydrogen) atoms. The fourth-order valence-corrected chi connectivity index (χ4v) is 3.55. The molecule has 0 aliphatic carbocycles. The van der Waals surface area contributed by atoms with Gasteiger partial charge in [-0.25, -0.2) is 0 Å². The normalized spacial score (nSPS) is 20.0. The van der Waals surface area contributed by atoms with Crippen molar-refractivity contribution in [3.8, 4) is 0 Å². The lowest BCUT2D eigenvalue weighted by Crippen LogP contribution is -2.38. The Bertz CT molecular complexity index is 439. The predicted molar refractivity (Wildman–Crippen MR) is 102 cm³/mol. The number of nitrogens with one attached hydrogen (secondary N) is 1. The molecule has 0 bridgehead atoms. The van der Waals surface area contributed by atoms with Crippen molar-refractivity contribution in [3.05, 3.63) is 36.3 Å². The first-order valence-electron chi connectivity index (χ1n) is 9.14. The molecule has 0 saturated carbocycles. The second-order valence-corrected chi connectivity index (χ2v) is 6.57. The molecular weight excluding hydrogens is 300 g/mol. The van der Waals surface area contributed by atoms with Gasteiger partial charge in [-0.1, -0.05) is 46.8 Å². The Labute approximate surface area is 148 Å². The summed E-state index contributed by atoms with van der Waals surface area (Å²) in [5, 5.41) is 3.31. The van der Waals surface area contributed by atoms with Crippen LogP contribution < -0.4 is 5.32 Å². The number of methoxy groups -OCH3 is 1. The first-order chi connectivity index (χ1) is 11.5. The number of ether oxygens (including phenoxy) is 2. The van der Waals surface area contributed by atoms with E-state index in [1.807, 2.05) is 7.11 Å². The highest BCUT2D eigenvalue weighted by Gasteiger charge is 2.29. The molecule has 1 aliphatic heterocycles. The van der Waals surface area contributed by atoms with Crippen LogP contribution in [0.2, 0.25) is 0 Å². The highest BCUT2D eigenvalue weighted by Crippen LogP contribution is 2.31. The number of hydrogen-bond donors (Lipinski definition) is 1. The van der Waals surface area contributed by atoms with Crippen LogP contribution in [0, 0.1) is 11.8 Å². The van der Waals surface area contributed by atoms with E-state index in [1.54, 1.807) is 6.20 Å². The van der Waals surface area contributed by atoms with Gasteiger partial charge in [0.2, 0.25) is 0 Å². The molecule has 1 fully saturated rings. The van der Waals surface area contributed by atoms with Gasteiger partial charge in [0.1, 0.15) is 0 Å². The van der Waals surface area contributed by atoms with E-state index in [0.717, 1.165) is 50.5 Å². The molecule has 1 rings (SSSR count). The van der Waals surface area contributed by atoms with Gasteiger partial charge in [0, 0.05) is 20.2 Å². The van der Waals surface area contributed by atoms with Crippen LogP contribution in [0.1, 0.15) is 40.5 Å². The largest absolute Gasteiger partial charge is 0.378 e. The van der Waals surface area contributed by atoms with Crippen molar-refractivity contribution in [1.82, 2.24) is 10.2 Å². The maximum atomic E-state index is 5.94. The Morgan fingerprint density at radius 2 is 1.92 bits per heavy atom. The maximum Gasteiger partial charge on any atom is 0.0832 e. The van der Waals surface area contributed by atoms with E-state index in [-0.39, 0.29) is 6.10 Å². The fraction of sp³-hybridized carbons (Fsp3) is 0.700. The van der Waals surface area contributed by atoms with Gasteiger partial charge in [0.05, 0.1) is 30.7 Å². The lowest BCUT2D eigenvalue weighted by molar-refractivity contribution is 0.0490. The van der Waals surface area contributed by atoms with E-state index in [1.165, 1.54) is 5.57 Å². The van der Waals surface area contributed by atoms with E-state index >= 15 is 0 Å². The second kappa shape index (κ2) is 10.6. The van der Waals surface area contributed by atoms with E-state index < -0.39 is 0 Å². The summed E-state index contributed by atoms with van der Waals surface area (Å²) in [7, 11) is 1.81. The minimum Gasteiger partial charge on any atom is -0.378 e. The Balaban J connectivity index is 3.14. The molecule has 0 aromatic carbocycles. The highest BCUT2D eigenvalue weighted by atomic mass is 16.5. The van der Waals surface area contributed by atoms with Crippen LogP contribution in [0.4, 0.5) is 0 Å². The average Bonchev–Trinajstić information content (AvgIpc) is 2.63. The molecule has 138 valence electrons. The molecule has 0 amide bonds. The standard InChI is InChI=1S/C20H36N2O2/c1-8-15(4)18(9-2)20(23-7)16(5)19(21-10-3)17(6)22-11-13-24-14-12-22/h10,15,18,20-21H,3,6,8-9,11-14H2,1-2,4-5,7H3/b19-16-/t15-,18+,20?/m0/s1. The Kier molecular flexibility index (Phi) is 9.16. The number of morpholine rings is 1. The van der Waals surface area contributed by atoms with Crippen LogP contribution in [0.15, 0.2) is 36.3 Å². The zero-order valence-corrected chi connectivity index (χ0v) is 16.2. The molecule has 1 heterocycles. The van der Waals surface area contributed by atoms with Crippen molar-refractivity contribution < 1.29 is 9.47 Å². The van der Waals surface area contributed by atoms with Crippen LogP contribution in [-0.4, -0.2) is 44.4 Å². The molecule has 0 radical (unpaired) electrons. The minimum absolute atomic E-state index is 0.0743. The molecule has 4 heteroatoms. The lowest BCUT2D eigenvalue weighted by Gasteiger charge is -2.35. The van der Waals surface area contributed by atoms with Crippen molar-refractivity contribution >= 4 is 0 Å². The molecule has 0 aromatic rings. The van der Waals surface area contributed by atoms with Gasteiger partial charge in [0.25, 0.3) is 0 Å². The summed E-state index contributed by atoms with van der Waals surface area (Å²) in [6, 6.07) is 0. The lowest BCUT2D eigenvalue weighted by atomic mass is 9.81. The molecule has 1 aliphatic rings. The van der Waals surface area contributed by atoms with E-state index in [0.29, 0.717) is 11.8 Å². The summed E-state index contributed by atoms with van der Waals surface area (Å²) >= 11 is 0. The van der Waals surface area contributed by atoms with Crippen molar-refractivity contribution in [3.63, 3.8) is 0 Å². The van der Waals surface area contributed by atoms with Gasteiger partial charge < -0.3 is 19.7 Å². The molecule has 1 unspecified atom stereocenters. The molecule has 0 spiro atoms. The van der Waals surface area contributed by atoms with Crippen LogP contribution >= 0.6 is 0 Å². The summed E-state index contributed by atoms with van der Waals surface area (Å²) in [5.74, 6) is 1.09. The molecule has 1 saturated heterocycles. The van der Waals surface area contributed by atoms with Gasteiger partial charge in [-0.05, 0) is 30.5 Å². The third-order valence-corrected chi connectivity index (χ3v) is 5.24. The van der Waals surface area contributed by atoms with Gasteiger partial charge in [-0.15, -0.1) is 0 Å². The third kappa shape index (κ3) is 5.12. The molecule has 4 nitrogen and oxygen atoms in total. The van der Waals surface area contributed by atoms with Crippen molar-refractivity contribution in [2.45, 2.75) is 46.6 Å². The van der Waals surface area contributed by atoms with Crippen LogP contribution in [0.25, 0.3) is 0 Å². The summed E-state index contributed by atoms with van der Waals surface area (Å²) in [6.45, 7) is 20.4. The van der Waals surface area contributed by atoms with Crippen molar-refractivity contribution in [2.75, 3.05) is 33.4 Å². The summed E-state index contributed by atoms with van der Waals surface area (Å²) < 4.78 is 11.4. The Morgan fingerprint density at radius 1 is 1.29 bits per heavy atom. The molecule has 0 aromatic heterocycles. The van der Waals surface area contributed by atoms with Gasteiger partial charge in [0.15, 0.2) is 0 Å². The smallest absolute Gasteiger partial charge is 0.0832 e. The number of hydrogen-bond acceptors (Lipinski definition) is 4. The summed E-state index contributed by atoms with van der Waals surface area (Å²) in [6.07, 6.45) is 4.04. The van der Waals surface area contributed by atoms with Crippen molar-refractivity contribution in [2.24, 2.45) is 11.8 Å². The van der Waals surface area contributed by atoms with E-state index in [2.05, 4.69) is 51.1 Å². The maximum absolute atomic E-state index is 5.94. The molecular formula is C20H36N2O2. The molecule has 1 N–H and O–H groups in total. The monoisotopic (exact) mass is 336 g/mol. The fourth-order valence-electron chi connectivity index (χ4n) is 3.55. The van der Waals surface area contributed by atoms with Crippen LogP contribution in [0.3, 0.4) is 0 Å². The van der Waals surface area contributed by atoms with E-state index in [9.17, 15) is 0 Å². The number of nitrogens with zero attached hydrogens (tertiary/aromatic N) is 1. The predicted octanol–water partition coefficient (Wildman–Crippen LogP) is 3.93. The summed E-state index contributed by atoms with van der Waals surface area (Å²) in [4.78, 5) is 2.27. The topological polar surface area (TPSA) is 33.7 Å². The third-order valence-electron chi connectivity index (χ3n) is 5.24. The average molecular weight is 337 g/mol. The van der Waals surface area contributed by atoms with Gasteiger partial charge in [-0.2, -0.15) is 0 Å². The SMILES string of the molecule is C=CN/C(C(=C)N1CCOCC1)=C(/C)C(OC)[C@H](CC)[C@@H](C)CC. The zero-order chi connectivity index (χ0) is 18.1. The first-order valence-corrected chi connectivity index (χ1v) is 9.14. The minimum atomic E-state index is 0.0743. The second-order valence-electron chi connectivity index (χ2n) is 6.57. The zero-order valence-electron chi connectivity index (χ0n) is 16.2. The first kappa shape index (κ1) is 20.8. The Hall–Kier alpha value is -1.26. The van der Waals surface area contributed by atoms with Crippen LogP contribution in [0.5, 0.6) is 0 Å². The van der Waals surface area contributed by atoms with Gasteiger partial charge >= 0.3 is 0 Å². The highest BCUT2D eigenvalue weighted by molar-refractivity contribution is 5.34. The van der Waals surface area contributed by atoms with Crippen molar-refractivity contribution in [1.29, 1.82) is 0 Å². The molecule has 3 atom stereocenters. The Morgan fingerprint density at radius 3 is 2.38 bits per heavy atom. The summed E-state index contributed by atoms with van der Waals surface area (Å²) in [5.41, 5.74) is 3.22. The van der Waals surface area contributed by atoms with E-state index in [4.69, 9.17) is 9.47 Å². The number of rotatable bonds is 10. The quantitative estimate of drug-likeness (QED) is 0.613. The van der Waals surface area contributed by atoms with Crippen LogP contribution in [-0.2, 0) is 9.47 Å².